The zero-order chi connectivity index (χ0) is 10.6. The number of ether oxygens (including phenoxy) is 1. The number of carbonyl (C=O) groups excluding carboxylic acids is 1. The Bertz CT molecular complexity index is 339. The molecule has 0 atom stereocenters. The molecule has 0 heterocycles. The average Bonchev–Trinajstić information content (AvgIpc) is 2.26. The number of hydrazine groups is 1. The molecule has 0 aliphatic rings. The highest BCUT2D eigenvalue weighted by Crippen LogP contribution is 2.20. The average molecular weight is 196 g/mol. The van der Waals surface area contributed by atoms with Gasteiger partial charge in [-0.05, 0) is 6.07 Å². The Morgan fingerprint density at radius 3 is 2.86 bits per heavy atom. The Morgan fingerprint density at radius 2 is 2.36 bits per heavy atom. The van der Waals surface area contributed by atoms with Crippen LogP contribution < -0.4 is 11.3 Å². The first-order chi connectivity index (χ1) is 6.74. The van der Waals surface area contributed by atoms with Crippen molar-refractivity contribution in [2.45, 2.75) is 6.61 Å². The normalized spacial score (nSPS) is 9.64. The van der Waals surface area contributed by atoms with Crippen LogP contribution in [0.15, 0.2) is 18.2 Å². The van der Waals surface area contributed by atoms with Crippen LogP contribution in [0.4, 0.5) is 5.69 Å². The van der Waals surface area contributed by atoms with Crippen LogP contribution in [0.5, 0.6) is 0 Å². The molecule has 0 spiro atoms. The number of nitrogen functional groups attached to an aromatic ring is 1. The third-order valence-corrected chi connectivity index (χ3v) is 1.87. The van der Waals surface area contributed by atoms with Crippen molar-refractivity contribution in [2.75, 3.05) is 12.5 Å². The lowest BCUT2D eigenvalue weighted by Gasteiger charge is -2.10. The zero-order valence-electron chi connectivity index (χ0n) is 7.78. The molecule has 4 N–H and O–H groups in total. The molecule has 0 bridgehead atoms. The molecule has 1 rings (SSSR count). The summed E-state index contributed by atoms with van der Waals surface area (Å²) < 4.78 is 4.56. The van der Waals surface area contributed by atoms with Gasteiger partial charge in [0.1, 0.15) is 0 Å². The summed E-state index contributed by atoms with van der Waals surface area (Å²) in [5.41, 5.74) is 3.62. The molecule has 0 aliphatic heterocycles. The Labute approximate surface area is 81.5 Å². The molecule has 1 aromatic rings. The van der Waals surface area contributed by atoms with E-state index in [-0.39, 0.29) is 6.61 Å². The Kier molecular flexibility index (Phi) is 3.44. The number of anilines is 1. The summed E-state index contributed by atoms with van der Waals surface area (Å²) in [6, 6.07) is 4.89. The van der Waals surface area contributed by atoms with Crippen LogP contribution in [0.1, 0.15) is 15.9 Å². The minimum atomic E-state index is -0.492. The van der Waals surface area contributed by atoms with E-state index in [4.69, 9.17) is 10.9 Å². The molecule has 5 heteroatoms. The third kappa shape index (κ3) is 1.84. The maximum Gasteiger partial charge on any atom is 0.340 e. The van der Waals surface area contributed by atoms with Crippen molar-refractivity contribution in [1.29, 1.82) is 0 Å². The van der Waals surface area contributed by atoms with Gasteiger partial charge in [0.15, 0.2) is 0 Å². The summed E-state index contributed by atoms with van der Waals surface area (Å²) in [6.45, 7) is -0.190. The van der Waals surface area contributed by atoms with E-state index >= 15 is 0 Å². The number of methoxy groups -OCH3 is 1. The van der Waals surface area contributed by atoms with Crippen molar-refractivity contribution in [2.24, 2.45) is 5.84 Å². The Balaban J connectivity index is 3.21. The molecule has 0 saturated carbocycles. The topological polar surface area (TPSA) is 84.6 Å². The summed E-state index contributed by atoms with van der Waals surface area (Å²) in [4.78, 5) is 11.3. The second-order valence-electron chi connectivity index (χ2n) is 2.63. The van der Waals surface area contributed by atoms with Crippen LogP contribution in [-0.2, 0) is 11.3 Å². The van der Waals surface area contributed by atoms with E-state index in [2.05, 4.69) is 10.2 Å². The quantitative estimate of drug-likeness (QED) is 0.366. The first kappa shape index (κ1) is 10.5. The van der Waals surface area contributed by atoms with Gasteiger partial charge >= 0.3 is 5.97 Å². The highest BCUT2D eigenvalue weighted by Gasteiger charge is 2.13. The van der Waals surface area contributed by atoms with Crippen LogP contribution >= 0.6 is 0 Å². The Hall–Kier alpha value is -1.59. The maximum atomic E-state index is 11.3. The van der Waals surface area contributed by atoms with E-state index in [1.165, 1.54) is 7.11 Å². The molecule has 0 amide bonds. The summed E-state index contributed by atoms with van der Waals surface area (Å²) in [5.74, 6) is 4.76. The van der Waals surface area contributed by atoms with Gasteiger partial charge in [0.25, 0.3) is 0 Å². The summed E-state index contributed by atoms with van der Waals surface area (Å²) >= 11 is 0. The number of hydrogen-bond donors (Lipinski definition) is 3. The van der Waals surface area contributed by atoms with Gasteiger partial charge in [0, 0.05) is 5.56 Å². The predicted molar refractivity (Wildman–Crippen MR) is 51.5 cm³/mol. The maximum absolute atomic E-state index is 11.3. The number of aliphatic hydroxyl groups excluding tert-OH is 1. The van der Waals surface area contributed by atoms with Crippen molar-refractivity contribution in [3.63, 3.8) is 0 Å². The van der Waals surface area contributed by atoms with Gasteiger partial charge in [0.05, 0.1) is 25.0 Å². The van der Waals surface area contributed by atoms with Crippen LogP contribution in [0.3, 0.4) is 0 Å². The largest absolute Gasteiger partial charge is 0.465 e. The van der Waals surface area contributed by atoms with E-state index in [1.807, 2.05) is 0 Å². The van der Waals surface area contributed by atoms with E-state index in [0.29, 0.717) is 16.8 Å². The van der Waals surface area contributed by atoms with E-state index in [0.717, 1.165) is 0 Å². The zero-order valence-corrected chi connectivity index (χ0v) is 7.78. The molecular weight excluding hydrogens is 184 g/mol. The second-order valence-corrected chi connectivity index (χ2v) is 2.63. The molecular formula is C9H12N2O3. The SMILES string of the molecule is COC(=O)c1cccc(CO)c1NN. The molecule has 0 fully saturated rings. The van der Waals surface area contributed by atoms with Crippen molar-refractivity contribution in [1.82, 2.24) is 0 Å². The number of para-hydroxylation sites is 1. The molecule has 1 aromatic carbocycles. The van der Waals surface area contributed by atoms with Gasteiger partial charge in [-0.2, -0.15) is 0 Å². The fourth-order valence-corrected chi connectivity index (χ4v) is 1.18. The number of nitrogens with one attached hydrogen (secondary N) is 1. The van der Waals surface area contributed by atoms with Crippen molar-refractivity contribution in [3.05, 3.63) is 29.3 Å². The number of nitrogens with two attached hydrogens (primary N) is 1. The molecule has 0 unspecified atom stereocenters. The van der Waals surface area contributed by atoms with Gasteiger partial charge in [-0.15, -0.1) is 0 Å². The number of aliphatic hydroxyl groups is 1. The lowest BCUT2D eigenvalue weighted by Crippen LogP contribution is -2.15. The lowest BCUT2D eigenvalue weighted by molar-refractivity contribution is 0.0601. The molecule has 0 radical (unpaired) electrons. The number of esters is 1. The molecule has 5 nitrogen and oxygen atoms in total. The highest BCUT2D eigenvalue weighted by molar-refractivity contribution is 5.96. The van der Waals surface area contributed by atoms with E-state index < -0.39 is 5.97 Å². The molecule has 0 saturated heterocycles. The van der Waals surface area contributed by atoms with E-state index in [9.17, 15) is 4.79 Å². The highest BCUT2D eigenvalue weighted by atomic mass is 16.5. The molecule has 14 heavy (non-hydrogen) atoms. The Morgan fingerprint density at radius 1 is 1.64 bits per heavy atom. The van der Waals surface area contributed by atoms with Gasteiger partial charge < -0.3 is 15.3 Å². The fraction of sp³-hybridized carbons (Fsp3) is 0.222. The number of hydrogen-bond acceptors (Lipinski definition) is 5. The minimum absolute atomic E-state index is 0.190. The number of rotatable bonds is 3. The first-order valence-corrected chi connectivity index (χ1v) is 4.02. The summed E-state index contributed by atoms with van der Waals surface area (Å²) in [6.07, 6.45) is 0. The van der Waals surface area contributed by atoms with Gasteiger partial charge in [-0.25, -0.2) is 4.79 Å². The van der Waals surface area contributed by atoms with Gasteiger partial charge in [0.2, 0.25) is 0 Å². The van der Waals surface area contributed by atoms with Crippen LogP contribution in [0.25, 0.3) is 0 Å². The monoisotopic (exact) mass is 196 g/mol. The standard InChI is InChI=1S/C9H12N2O3/c1-14-9(13)7-4-2-3-6(5-12)8(7)11-10/h2-4,11-12H,5,10H2,1H3. The first-order valence-electron chi connectivity index (χ1n) is 4.02. The van der Waals surface area contributed by atoms with Crippen LogP contribution in [0, 0.1) is 0 Å². The second kappa shape index (κ2) is 4.59. The van der Waals surface area contributed by atoms with Crippen molar-refractivity contribution >= 4 is 11.7 Å². The molecule has 0 aromatic heterocycles. The molecule has 0 aliphatic carbocycles. The number of carbonyl (C=O) groups is 1. The van der Waals surface area contributed by atoms with Crippen LogP contribution in [0.2, 0.25) is 0 Å². The van der Waals surface area contributed by atoms with Crippen LogP contribution in [-0.4, -0.2) is 18.2 Å². The minimum Gasteiger partial charge on any atom is -0.465 e. The lowest BCUT2D eigenvalue weighted by atomic mass is 10.1. The predicted octanol–water partition coefficient (Wildman–Crippen LogP) is 0.251. The van der Waals surface area contributed by atoms with Gasteiger partial charge in [-0.3, -0.25) is 5.84 Å². The molecule has 76 valence electrons. The van der Waals surface area contributed by atoms with Crippen molar-refractivity contribution < 1.29 is 14.6 Å². The van der Waals surface area contributed by atoms with Crippen molar-refractivity contribution in [3.8, 4) is 0 Å². The number of benzene rings is 1. The summed E-state index contributed by atoms with van der Waals surface area (Å²) in [7, 11) is 1.29. The fourth-order valence-electron chi connectivity index (χ4n) is 1.18. The van der Waals surface area contributed by atoms with E-state index in [1.54, 1.807) is 18.2 Å². The third-order valence-electron chi connectivity index (χ3n) is 1.87. The van der Waals surface area contributed by atoms with Gasteiger partial charge in [-0.1, -0.05) is 12.1 Å². The summed E-state index contributed by atoms with van der Waals surface area (Å²) in [5, 5.41) is 8.98. The smallest absolute Gasteiger partial charge is 0.340 e.